The van der Waals surface area contributed by atoms with Gasteiger partial charge in [0.1, 0.15) is 5.56 Å². The van der Waals surface area contributed by atoms with Crippen LogP contribution in [0.4, 0.5) is 11.5 Å². The van der Waals surface area contributed by atoms with E-state index in [1.165, 1.54) is 31.5 Å². The fourth-order valence-electron chi connectivity index (χ4n) is 3.29. The van der Waals surface area contributed by atoms with Gasteiger partial charge in [-0.2, -0.15) is 0 Å². The quantitative estimate of drug-likeness (QED) is 0.731. The van der Waals surface area contributed by atoms with Crippen molar-refractivity contribution in [1.82, 2.24) is 15.2 Å². The van der Waals surface area contributed by atoms with E-state index in [9.17, 15) is 9.59 Å². The van der Waals surface area contributed by atoms with Gasteiger partial charge in [0, 0.05) is 30.5 Å². The highest BCUT2D eigenvalue weighted by atomic mass is 16.2. The van der Waals surface area contributed by atoms with Crippen LogP contribution in [0, 0.1) is 0 Å². The van der Waals surface area contributed by atoms with Gasteiger partial charge < -0.3 is 15.2 Å². The third-order valence-electron chi connectivity index (χ3n) is 4.83. The van der Waals surface area contributed by atoms with E-state index in [2.05, 4.69) is 25.4 Å². The average molecular weight is 375 g/mol. The number of rotatable bonds is 4. The van der Waals surface area contributed by atoms with Crippen molar-refractivity contribution in [2.75, 3.05) is 23.3 Å². The Labute approximate surface area is 162 Å². The molecule has 1 amide bonds. The number of H-pyrrole nitrogens is 1. The fraction of sp³-hybridized carbons (Fsp3) is 0.238. The standard InChI is InChI=1S/C21H21N5O2/c27-20-17(5-4-12-22-20)21(28)23-16-8-6-15(7-9-16)18-10-11-19(25-24-18)26-13-2-1-3-14-26/h4-12H,1-3,13-14H2,(H,22,27)(H,23,28). The number of piperidine rings is 1. The summed E-state index contributed by atoms with van der Waals surface area (Å²) in [7, 11) is 0. The largest absolute Gasteiger partial charge is 0.355 e. The number of nitrogens with zero attached hydrogens (tertiary/aromatic N) is 3. The van der Waals surface area contributed by atoms with Gasteiger partial charge in [-0.05, 0) is 55.7 Å². The van der Waals surface area contributed by atoms with Crippen LogP contribution in [0.5, 0.6) is 0 Å². The number of nitrogens with one attached hydrogen (secondary N) is 2. The Morgan fingerprint density at radius 1 is 0.964 bits per heavy atom. The lowest BCUT2D eigenvalue weighted by Gasteiger charge is -2.27. The molecule has 28 heavy (non-hydrogen) atoms. The fourth-order valence-corrected chi connectivity index (χ4v) is 3.29. The van der Waals surface area contributed by atoms with Gasteiger partial charge in [-0.15, -0.1) is 10.2 Å². The molecule has 3 aromatic rings. The molecule has 1 aliphatic rings. The van der Waals surface area contributed by atoms with Crippen LogP contribution in [-0.2, 0) is 0 Å². The van der Waals surface area contributed by atoms with Gasteiger partial charge in [0.05, 0.1) is 5.69 Å². The molecule has 1 saturated heterocycles. The molecule has 0 aliphatic carbocycles. The van der Waals surface area contributed by atoms with Crippen LogP contribution in [0.15, 0.2) is 59.5 Å². The van der Waals surface area contributed by atoms with Gasteiger partial charge in [-0.25, -0.2) is 0 Å². The van der Waals surface area contributed by atoms with Crippen molar-refractivity contribution in [3.8, 4) is 11.3 Å². The second-order valence-electron chi connectivity index (χ2n) is 6.77. The maximum atomic E-state index is 12.2. The van der Waals surface area contributed by atoms with Crippen LogP contribution in [0.2, 0.25) is 0 Å². The molecule has 2 N–H and O–H groups in total. The Hall–Kier alpha value is -3.48. The number of hydrogen-bond acceptors (Lipinski definition) is 5. The Kier molecular flexibility index (Phi) is 5.14. The number of anilines is 2. The highest BCUT2D eigenvalue weighted by molar-refractivity contribution is 6.04. The Morgan fingerprint density at radius 2 is 1.75 bits per heavy atom. The van der Waals surface area contributed by atoms with Crippen molar-refractivity contribution in [2.45, 2.75) is 19.3 Å². The second-order valence-corrected chi connectivity index (χ2v) is 6.77. The topological polar surface area (TPSA) is 91.0 Å². The van der Waals surface area contributed by atoms with E-state index in [0.29, 0.717) is 5.69 Å². The highest BCUT2D eigenvalue weighted by Gasteiger charge is 2.13. The third-order valence-corrected chi connectivity index (χ3v) is 4.83. The number of amides is 1. The molecular formula is C21H21N5O2. The molecule has 4 rings (SSSR count). The highest BCUT2D eigenvalue weighted by Crippen LogP contribution is 2.22. The lowest BCUT2D eigenvalue weighted by atomic mass is 10.1. The van der Waals surface area contributed by atoms with Gasteiger partial charge in [-0.1, -0.05) is 12.1 Å². The zero-order valence-corrected chi connectivity index (χ0v) is 15.4. The summed E-state index contributed by atoms with van der Waals surface area (Å²) in [5, 5.41) is 11.4. The summed E-state index contributed by atoms with van der Waals surface area (Å²) in [6, 6.07) is 14.4. The minimum Gasteiger partial charge on any atom is -0.355 e. The van der Waals surface area contributed by atoms with Gasteiger partial charge in [0.2, 0.25) is 0 Å². The summed E-state index contributed by atoms with van der Waals surface area (Å²) >= 11 is 0. The zero-order chi connectivity index (χ0) is 19.3. The number of carbonyl (C=O) groups excluding carboxylic acids is 1. The van der Waals surface area contributed by atoms with Crippen LogP contribution in [0.3, 0.4) is 0 Å². The normalized spacial score (nSPS) is 13.9. The van der Waals surface area contributed by atoms with Crippen molar-refractivity contribution >= 4 is 17.4 Å². The molecule has 142 valence electrons. The number of aromatic amines is 1. The second kappa shape index (κ2) is 8.04. The number of pyridine rings is 1. The van der Waals surface area contributed by atoms with Crippen LogP contribution in [0.1, 0.15) is 29.6 Å². The molecule has 1 aromatic carbocycles. The van der Waals surface area contributed by atoms with E-state index in [0.717, 1.165) is 30.2 Å². The molecule has 7 nitrogen and oxygen atoms in total. The van der Waals surface area contributed by atoms with Crippen molar-refractivity contribution in [3.05, 3.63) is 70.6 Å². The number of benzene rings is 1. The van der Waals surface area contributed by atoms with E-state index >= 15 is 0 Å². The van der Waals surface area contributed by atoms with E-state index in [1.54, 1.807) is 18.2 Å². The van der Waals surface area contributed by atoms with Crippen LogP contribution < -0.4 is 15.8 Å². The Bertz CT molecular complexity index is 1010. The van der Waals surface area contributed by atoms with Gasteiger partial charge in [-0.3, -0.25) is 9.59 Å². The minimum absolute atomic E-state index is 0.0748. The van der Waals surface area contributed by atoms with E-state index in [-0.39, 0.29) is 5.56 Å². The summed E-state index contributed by atoms with van der Waals surface area (Å²) < 4.78 is 0. The molecule has 7 heteroatoms. The molecule has 0 spiro atoms. The molecule has 3 heterocycles. The van der Waals surface area contributed by atoms with Crippen molar-refractivity contribution in [1.29, 1.82) is 0 Å². The van der Waals surface area contributed by atoms with E-state index in [4.69, 9.17) is 0 Å². The summed E-state index contributed by atoms with van der Waals surface area (Å²) in [6.07, 6.45) is 5.17. The smallest absolute Gasteiger partial charge is 0.261 e. The number of hydrogen-bond donors (Lipinski definition) is 2. The van der Waals surface area contributed by atoms with E-state index < -0.39 is 11.5 Å². The number of carbonyl (C=O) groups is 1. The van der Waals surface area contributed by atoms with E-state index in [1.807, 2.05) is 24.3 Å². The van der Waals surface area contributed by atoms with Crippen molar-refractivity contribution in [3.63, 3.8) is 0 Å². The lowest BCUT2D eigenvalue weighted by Crippen LogP contribution is -2.30. The molecule has 0 atom stereocenters. The summed E-state index contributed by atoms with van der Waals surface area (Å²) in [5.41, 5.74) is 1.95. The summed E-state index contributed by atoms with van der Waals surface area (Å²) in [4.78, 5) is 28.7. The molecule has 0 bridgehead atoms. The first kappa shape index (κ1) is 17.9. The summed E-state index contributed by atoms with van der Waals surface area (Å²) in [6.45, 7) is 2.07. The summed E-state index contributed by atoms with van der Waals surface area (Å²) in [5.74, 6) is 0.473. The van der Waals surface area contributed by atoms with Gasteiger partial charge in [0.25, 0.3) is 11.5 Å². The molecule has 0 saturated carbocycles. The van der Waals surface area contributed by atoms with Gasteiger partial charge in [0.15, 0.2) is 5.82 Å². The molecule has 1 fully saturated rings. The molecule has 0 radical (unpaired) electrons. The molecule has 2 aromatic heterocycles. The Balaban J connectivity index is 1.45. The minimum atomic E-state index is -0.444. The van der Waals surface area contributed by atoms with Crippen LogP contribution in [0.25, 0.3) is 11.3 Å². The lowest BCUT2D eigenvalue weighted by molar-refractivity contribution is 0.102. The first-order chi connectivity index (χ1) is 13.7. The zero-order valence-electron chi connectivity index (χ0n) is 15.4. The predicted molar refractivity (Wildman–Crippen MR) is 109 cm³/mol. The predicted octanol–water partition coefficient (Wildman–Crippen LogP) is 3.07. The molecule has 1 aliphatic heterocycles. The average Bonchev–Trinajstić information content (AvgIpc) is 2.75. The number of aromatic nitrogens is 3. The SMILES string of the molecule is O=C(Nc1ccc(-c2ccc(N3CCCCC3)nn2)cc1)c1ccc[nH]c1=O. The molecular weight excluding hydrogens is 354 g/mol. The van der Waals surface area contributed by atoms with Crippen LogP contribution >= 0.6 is 0 Å². The first-order valence-electron chi connectivity index (χ1n) is 9.39. The maximum Gasteiger partial charge on any atom is 0.261 e. The van der Waals surface area contributed by atoms with Crippen LogP contribution in [-0.4, -0.2) is 34.2 Å². The monoisotopic (exact) mass is 375 g/mol. The Morgan fingerprint density at radius 3 is 2.43 bits per heavy atom. The van der Waals surface area contributed by atoms with Crippen molar-refractivity contribution in [2.24, 2.45) is 0 Å². The maximum absolute atomic E-state index is 12.2. The van der Waals surface area contributed by atoms with Crippen molar-refractivity contribution < 1.29 is 4.79 Å². The van der Waals surface area contributed by atoms with Gasteiger partial charge >= 0.3 is 0 Å². The third kappa shape index (κ3) is 3.93. The molecule has 0 unspecified atom stereocenters. The first-order valence-corrected chi connectivity index (χ1v) is 9.39.